The number of nitrogens with zero attached hydrogens (tertiary/aromatic N) is 3. The van der Waals surface area contributed by atoms with E-state index in [1.54, 1.807) is 10.8 Å². The lowest BCUT2D eigenvalue weighted by atomic mass is 10.2. The summed E-state index contributed by atoms with van der Waals surface area (Å²) in [6, 6.07) is 19.0. The van der Waals surface area contributed by atoms with Crippen molar-refractivity contribution in [1.29, 1.82) is 0 Å². The van der Waals surface area contributed by atoms with Crippen molar-refractivity contribution in [3.8, 4) is 11.4 Å². The lowest BCUT2D eigenvalue weighted by molar-refractivity contribution is 0.305. The summed E-state index contributed by atoms with van der Waals surface area (Å²) >= 11 is 0. The first-order chi connectivity index (χ1) is 12.6. The minimum absolute atomic E-state index is 0.128. The van der Waals surface area contributed by atoms with Crippen molar-refractivity contribution in [2.24, 2.45) is 7.05 Å². The molecule has 2 aromatic carbocycles. The van der Waals surface area contributed by atoms with Crippen LogP contribution < -0.4 is 10.3 Å². The van der Waals surface area contributed by atoms with Crippen molar-refractivity contribution in [2.75, 3.05) is 0 Å². The molecule has 5 nitrogen and oxygen atoms in total. The zero-order chi connectivity index (χ0) is 18.1. The molecular weight excluding hydrogens is 326 g/mol. The van der Waals surface area contributed by atoms with Gasteiger partial charge >= 0.3 is 0 Å². The number of ether oxygens (including phenoxy) is 1. The molecular formula is C21H19N3O2. The molecule has 0 fully saturated rings. The van der Waals surface area contributed by atoms with Crippen LogP contribution in [0.15, 0.2) is 71.7 Å². The normalized spacial score (nSPS) is 11.0. The van der Waals surface area contributed by atoms with Gasteiger partial charge in [-0.05, 0) is 36.8 Å². The number of hydrogen-bond donors (Lipinski definition) is 0. The molecule has 0 atom stereocenters. The summed E-state index contributed by atoms with van der Waals surface area (Å²) in [5.74, 6) is 0.564. The van der Waals surface area contributed by atoms with Gasteiger partial charge in [-0.15, -0.1) is 0 Å². The Morgan fingerprint density at radius 3 is 2.62 bits per heavy atom. The molecule has 0 spiro atoms. The summed E-state index contributed by atoms with van der Waals surface area (Å²) in [4.78, 5) is 12.5. The molecule has 130 valence electrons. The average Bonchev–Trinajstić information content (AvgIpc) is 2.95. The van der Waals surface area contributed by atoms with Gasteiger partial charge in [0.15, 0.2) is 0 Å². The second-order valence-corrected chi connectivity index (χ2v) is 6.26. The Morgan fingerprint density at radius 2 is 1.85 bits per heavy atom. The lowest BCUT2D eigenvalue weighted by Gasteiger charge is -2.09. The standard InChI is InChI=1S/C21H19N3O2/c1-15-19-12-17(8-9-20(19)22-23(15)2)24-11-10-18(13-21(24)25)26-14-16-6-4-3-5-7-16/h3-13H,14H2,1-2H3. The number of pyridine rings is 1. The van der Waals surface area contributed by atoms with Gasteiger partial charge in [0.25, 0.3) is 5.56 Å². The topological polar surface area (TPSA) is 49.1 Å². The molecule has 4 rings (SSSR count). The van der Waals surface area contributed by atoms with Crippen LogP contribution >= 0.6 is 0 Å². The fraction of sp³-hybridized carbons (Fsp3) is 0.143. The van der Waals surface area contributed by atoms with Crippen LogP contribution in [-0.4, -0.2) is 14.3 Å². The van der Waals surface area contributed by atoms with Gasteiger partial charge < -0.3 is 4.74 Å². The third kappa shape index (κ3) is 2.99. The van der Waals surface area contributed by atoms with E-state index >= 15 is 0 Å². The van der Waals surface area contributed by atoms with E-state index in [1.165, 1.54) is 6.07 Å². The fourth-order valence-corrected chi connectivity index (χ4v) is 2.97. The highest BCUT2D eigenvalue weighted by molar-refractivity contribution is 5.83. The quantitative estimate of drug-likeness (QED) is 0.568. The van der Waals surface area contributed by atoms with Crippen LogP contribution in [-0.2, 0) is 13.7 Å². The number of aromatic nitrogens is 3. The van der Waals surface area contributed by atoms with Crippen molar-refractivity contribution in [3.63, 3.8) is 0 Å². The number of rotatable bonds is 4. The third-order valence-corrected chi connectivity index (χ3v) is 4.53. The summed E-state index contributed by atoms with van der Waals surface area (Å²) < 4.78 is 9.19. The second kappa shape index (κ2) is 6.52. The maximum absolute atomic E-state index is 12.5. The van der Waals surface area contributed by atoms with Gasteiger partial charge in [-0.1, -0.05) is 30.3 Å². The molecule has 4 aromatic rings. The summed E-state index contributed by atoms with van der Waals surface area (Å²) in [5.41, 5.74) is 3.74. The highest BCUT2D eigenvalue weighted by atomic mass is 16.5. The highest BCUT2D eigenvalue weighted by Crippen LogP contribution is 2.21. The molecule has 0 bridgehead atoms. The van der Waals surface area contributed by atoms with E-state index in [0.717, 1.165) is 27.8 Å². The zero-order valence-corrected chi connectivity index (χ0v) is 14.7. The Kier molecular flexibility index (Phi) is 4.05. The maximum Gasteiger partial charge on any atom is 0.258 e. The fourth-order valence-electron chi connectivity index (χ4n) is 2.97. The predicted molar refractivity (Wildman–Crippen MR) is 102 cm³/mol. The second-order valence-electron chi connectivity index (χ2n) is 6.26. The van der Waals surface area contributed by atoms with E-state index in [2.05, 4.69) is 5.10 Å². The van der Waals surface area contributed by atoms with Gasteiger partial charge in [-0.2, -0.15) is 5.10 Å². The minimum atomic E-state index is -0.128. The largest absolute Gasteiger partial charge is 0.489 e. The molecule has 0 aliphatic rings. The Bertz CT molecular complexity index is 1130. The van der Waals surface area contributed by atoms with Crippen LogP contribution in [0.2, 0.25) is 0 Å². The molecule has 0 aliphatic carbocycles. The first-order valence-electron chi connectivity index (χ1n) is 8.45. The van der Waals surface area contributed by atoms with E-state index in [4.69, 9.17) is 4.74 Å². The van der Waals surface area contributed by atoms with Crippen molar-refractivity contribution >= 4 is 10.9 Å². The van der Waals surface area contributed by atoms with Gasteiger partial charge in [0.05, 0.1) is 5.52 Å². The van der Waals surface area contributed by atoms with E-state index < -0.39 is 0 Å². The Balaban J connectivity index is 1.62. The number of aryl methyl sites for hydroxylation is 2. The van der Waals surface area contributed by atoms with Crippen LogP contribution in [0, 0.1) is 6.92 Å². The van der Waals surface area contributed by atoms with Crippen LogP contribution in [0.3, 0.4) is 0 Å². The predicted octanol–water partition coefficient (Wildman–Crippen LogP) is 3.61. The minimum Gasteiger partial charge on any atom is -0.489 e. The summed E-state index contributed by atoms with van der Waals surface area (Å²) in [6.07, 6.45) is 1.75. The first kappa shape index (κ1) is 16.1. The number of benzene rings is 2. The van der Waals surface area contributed by atoms with Crippen LogP contribution in [0.5, 0.6) is 5.75 Å². The average molecular weight is 345 g/mol. The summed E-state index contributed by atoms with van der Waals surface area (Å²) in [6.45, 7) is 2.45. The lowest BCUT2D eigenvalue weighted by Crippen LogP contribution is -2.16. The highest BCUT2D eigenvalue weighted by Gasteiger charge is 2.08. The molecule has 5 heteroatoms. The Labute approximate surface area is 151 Å². The van der Waals surface area contributed by atoms with Crippen molar-refractivity contribution < 1.29 is 4.74 Å². The molecule has 0 aliphatic heterocycles. The molecule has 0 unspecified atom stereocenters. The monoisotopic (exact) mass is 345 g/mol. The molecule has 0 amide bonds. The Hall–Kier alpha value is -3.34. The van der Waals surface area contributed by atoms with Crippen LogP contribution in [0.4, 0.5) is 0 Å². The van der Waals surface area contributed by atoms with Crippen LogP contribution in [0.25, 0.3) is 16.6 Å². The third-order valence-electron chi connectivity index (χ3n) is 4.53. The van der Waals surface area contributed by atoms with E-state index in [-0.39, 0.29) is 5.56 Å². The number of fused-ring (bicyclic) bond motifs is 1. The molecule has 26 heavy (non-hydrogen) atoms. The smallest absolute Gasteiger partial charge is 0.258 e. The van der Waals surface area contributed by atoms with Crippen LogP contribution in [0.1, 0.15) is 11.3 Å². The molecule has 2 aromatic heterocycles. The molecule has 2 heterocycles. The van der Waals surface area contributed by atoms with Crippen molar-refractivity contribution in [3.05, 3.63) is 88.5 Å². The summed E-state index contributed by atoms with van der Waals surface area (Å²) in [7, 11) is 1.92. The zero-order valence-electron chi connectivity index (χ0n) is 14.7. The van der Waals surface area contributed by atoms with E-state index in [1.807, 2.05) is 73.3 Å². The number of hydrogen-bond acceptors (Lipinski definition) is 3. The maximum atomic E-state index is 12.5. The van der Waals surface area contributed by atoms with Crippen molar-refractivity contribution in [2.45, 2.75) is 13.5 Å². The summed E-state index contributed by atoms with van der Waals surface area (Å²) in [5, 5.41) is 5.49. The van der Waals surface area contributed by atoms with Crippen molar-refractivity contribution in [1.82, 2.24) is 14.3 Å². The van der Waals surface area contributed by atoms with Gasteiger partial charge in [0, 0.05) is 36.1 Å². The molecule has 0 N–H and O–H groups in total. The van der Waals surface area contributed by atoms with Gasteiger partial charge in [-0.3, -0.25) is 14.0 Å². The van der Waals surface area contributed by atoms with Gasteiger partial charge in [0.1, 0.15) is 12.4 Å². The molecule has 0 saturated heterocycles. The van der Waals surface area contributed by atoms with Gasteiger partial charge in [0.2, 0.25) is 0 Å². The van der Waals surface area contributed by atoms with E-state index in [0.29, 0.717) is 12.4 Å². The Morgan fingerprint density at radius 1 is 1.04 bits per heavy atom. The molecule has 0 radical (unpaired) electrons. The van der Waals surface area contributed by atoms with E-state index in [9.17, 15) is 4.79 Å². The molecule has 0 saturated carbocycles. The van der Waals surface area contributed by atoms with Gasteiger partial charge in [-0.25, -0.2) is 0 Å². The first-order valence-corrected chi connectivity index (χ1v) is 8.45. The SMILES string of the molecule is Cc1c2cc(-n3ccc(OCc4ccccc4)cc3=O)ccc2nn1C.